The molecule has 0 saturated carbocycles. The van der Waals surface area contributed by atoms with Gasteiger partial charge in [0, 0.05) is 24.8 Å². The lowest BCUT2D eigenvalue weighted by atomic mass is 10.0. The predicted molar refractivity (Wildman–Crippen MR) is 74.1 cm³/mol. The van der Waals surface area contributed by atoms with E-state index in [0.717, 1.165) is 22.2 Å². The van der Waals surface area contributed by atoms with Gasteiger partial charge in [0.15, 0.2) is 0 Å². The van der Waals surface area contributed by atoms with Gasteiger partial charge in [-0.05, 0) is 17.5 Å². The van der Waals surface area contributed by atoms with Crippen LogP contribution in [-0.2, 0) is 7.05 Å². The van der Waals surface area contributed by atoms with Crippen LogP contribution in [0.4, 0.5) is 0 Å². The number of rotatable bonds is 3. The molecule has 1 unspecified atom stereocenters. The van der Waals surface area contributed by atoms with E-state index in [4.69, 9.17) is 5.84 Å². The van der Waals surface area contributed by atoms with Crippen LogP contribution in [0.5, 0.6) is 0 Å². The molecule has 2 aromatic heterocycles. The molecule has 0 amide bonds. The molecular formula is C14H15N5. The topological polar surface area (TPSA) is 68.8 Å². The van der Waals surface area contributed by atoms with Crippen molar-refractivity contribution in [2.24, 2.45) is 12.9 Å². The molecule has 0 bridgehead atoms. The summed E-state index contributed by atoms with van der Waals surface area (Å²) in [6.45, 7) is 0. The van der Waals surface area contributed by atoms with Crippen molar-refractivity contribution in [2.45, 2.75) is 6.04 Å². The zero-order valence-electron chi connectivity index (χ0n) is 10.6. The number of pyridine rings is 1. The third-order valence-corrected chi connectivity index (χ3v) is 3.30. The summed E-state index contributed by atoms with van der Waals surface area (Å²) in [4.78, 5) is 4.49. The third-order valence-electron chi connectivity index (χ3n) is 3.30. The molecule has 5 heteroatoms. The zero-order valence-corrected chi connectivity index (χ0v) is 10.6. The van der Waals surface area contributed by atoms with Crippen molar-refractivity contribution in [2.75, 3.05) is 0 Å². The van der Waals surface area contributed by atoms with Gasteiger partial charge in [0.2, 0.25) is 0 Å². The van der Waals surface area contributed by atoms with Crippen LogP contribution in [0, 0.1) is 0 Å². The lowest BCUT2D eigenvalue weighted by Gasteiger charge is -2.17. The van der Waals surface area contributed by atoms with Gasteiger partial charge in [-0.3, -0.25) is 15.5 Å². The van der Waals surface area contributed by atoms with Crippen LogP contribution < -0.4 is 11.3 Å². The fraction of sp³-hybridized carbons (Fsp3) is 0.143. The molecule has 3 aromatic rings. The lowest BCUT2D eigenvalue weighted by Crippen LogP contribution is -2.31. The van der Waals surface area contributed by atoms with Gasteiger partial charge in [0.05, 0.1) is 11.4 Å². The maximum absolute atomic E-state index is 5.72. The smallest absolute Gasteiger partial charge is 0.105 e. The van der Waals surface area contributed by atoms with Crippen molar-refractivity contribution in [3.63, 3.8) is 0 Å². The third kappa shape index (κ3) is 1.99. The van der Waals surface area contributed by atoms with Gasteiger partial charge in [0.25, 0.3) is 0 Å². The Morgan fingerprint density at radius 2 is 2.00 bits per heavy atom. The number of hydrazine groups is 1. The van der Waals surface area contributed by atoms with Gasteiger partial charge in [-0.15, -0.1) is 0 Å². The lowest BCUT2D eigenvalue weighted by molar-refractivity contribution is 0.567. The van der Waals surface area contributed by atoms with Crippen LogP contribution in [0.15, 0.2) is 48.8 Å². The Hall–Kier alpha value is -2.24. The van der Waals surface area contributed by atoms with Crippen molar-refractivity contribution in [1.82, 2.24) is 20.2 Å². The van der Waals surface area contributed by atoms with Crippen LogP contribution in [0.2, 0.25) is 0 Å². The van der Waals surface area contributed by atoms with E-state index in [1.807, 2.05) is 31.3 Å². The number of nitrogens with two attached hydrogens (primary N) is 1. The van der Waals surface area contributed by atoms with Crippen LogP contribution in [0.3, 0.4) is 0 Å². The standard InChI is InChI=1S/C14H15N5/c1-19-12(7-9-17-19)14(18-15)13-11-5-3-2-4-10(11)6-8-16-13/h2-9,14,18H,15H2,1H3. The quantitative estimate of drug-likeness (QED) is 0.548. The van der Waals surface area contributed by atoms with Crippen LogP contribution in [0.25, 0.3) is 10.8 Å². The minimum atomic E-state index is -0.182. The van der Waals surface area contributed by atoms with Gasteiger partial charge >= 0.3 is 0 Å². The molecule has 1 aromatic carbocycles. The number of hydrogen-bond donors (Lipinski definition) is 2. The van der Waals surface area contributed by atoms with Gasteiger partial charge in [-0.2, -0.15) is 5.10 Å². The molecule has 19 heavy (non-hydrogen) atoms. The Bertz CT molecular complexity index is 698. The highest BCUT2D eigenvalue weighted by molar-refractivity contribution is 5.84. The average Bonchev–Trinajstić information content (AvgIpc) is 2.86. The highest BCUT2D eigenvalue weighted by Crippen LogP contribution is 2.25. The van der Waals surface area contributed by atoms with E-state index in [0.29, 0.717) is 0 Å². The van der Waals surface area contributed by atoms with E-state index in [2.05, 4.69) is 27.6 Å². The van der Waals surface area contributed by atoms with E-state index < -0.39 is 0 Å². The van der Waals surface area contributed by atoms with Crippen molar-refractivity contribution in [3.05, 3.63) is 60.2 Å². The molecule has 1 atom stereocenters. The maximum Gasteiger partial charge on any atom is 0.105 e. The van der Waals surface area contributed by atoms with Gasteiger partial charge in [-0.1, -0.05) is 24.3 Å². The molecule has 0 radical (unpaired) electrons. The van der Waals surface area contributed by atoms with E-state index in [1.165, 1.54) is 0 Å². The highest BCUT2D eigenvalue weighted by Gasteiger charge is 2.19. The largest absolute Gasteiger partial charge is 0.271 e. The highest BCUT2D eigenvalue weighted by atomic mass is 15.3. The summed E-state index contributed by atoms with van der Waals surface area (Å²) in [5.41, 5.74) is 4.72. The molecule has 96 valence electrons. The molecule has 0 aliphatic heterocycles. The Kier molecular flexibility index (Phi) is 2.98. The molecule has 3 N–H and O–H groups in total. The van der Waals surface area contributed by atoms with Crippen LogP contribution >= 0.6 is 0 Å². The summed E-state index contributed by atoms with van der Waals surface area (Å²) in [6, 6.07) is 11.9. The Labute approximate surface area is 111 Å². The number of nitrogens with one attached hydrogen (secondary N) is 1. The molecule has 5 nitrogen and oxygen atoms in total. The molecule has 3 rings (SSSR count). The van der Waals surface area contributed by atoms with Crippen molar-refractivity contribution < 1.29 is 0 Å². The molecule has 0 fully saturated rings. The first-order valence-electron chi connectivity index (χ1n) is 6.09. The number of hydrogen-bond acceptors (Lipinski definition) is 4. The van der Waals surface area contributed by atoms with Gasteiger partial charge in [-0.25, -0.2) is 5.43 Å². The van der Waals surface area contributed by atoms with Crippen molar-refractivity contribution >= 4 is 10.8 Å². The summed E-state index contributed by atoms with van der Waals surface area (Å²) >= 11 is 0. The van der Waals surface area contributed by atoms with E-state index in [1.54, 1.807) is 17.1 Å². The summed E-state index contributed by atoms with van der Waals surface area (Å²) in [7, 11) is 1.89. The molecule has 0 saturated heterocycles. The molecule has 0 aliphatic carbocycles. The minimum Gasteiger partial charge on any atom is -0.271 e. The zero-order chi connectivity index (χ0) is 13.2. The minimum absolute atomic E-state index is 0.182. The first-order chi connectivity index (χ1) is 9.31. The Morgan fingerprint density at radius 1 is 1.16 bits per heavy atom. The molecular weight excluding hydrogens is 238 g/mol. The average molecular weight is 253 g/mol. The second kappa shape index (κ2) is 4.79. The molecule has 0 aliphatic rings. The van der Waals surface area contributed by atoms with Gasteiger partial charge in [0.1, 0.15) is 6.04 Å². The summed E-state index contributed by atoms with van der Waals surface area (Å²) in [5.74, 6) is 5.72. The fourth-order valence-corrected chi connectivity index (χ4v) is 2.34. The molecule has 0 spiro atoms. The summed E-state index contributed by atoms with van der Waals surface area (Å²) in [6.07, 6.45) is 3.56. The van der Waals surface area contributed by atoms with Crippen LogP contribution in [0.1, 0.15) is 17.4 Å². The Morgan fingerprint density at radius 3 is 2.74 bits per heavy atom. The first-order valence-corrected chi connectivity index (χ1v) is 6.09. The Balaban J connectivity index is 2.20. The predicted octanol–water partition coefficient (Wildman–Crippen LogP) is 1.52. The number of aryl methyl sites for hydroxylation is 1. The van der Waals surface area contributed by atoms with Crippen molar-refractivity contribution in [3.8, 4) is 0 Å². The number of benzene rings is 1. The number of aromatic nitrogens is 3. The van der Waals surface area contributed by atoms with E-state index in [9.17, 15) is 0 Å². The second-order valence-electron chi connectivity index (χ2n) is 4.40. The van der Waals surface area contributed by atoms with E-state index in [-0.39, 0.29) is 6.04 Å². The van der Waals surface area contributed by atoms with Gasteiger partial charge < -0.3 is 0 Å². The first kappa shape index (κ1) is 11.8. The number of fused-ring (bicyclic) bond motifs is 1. The van der Waals surface area contributed by atoms with Crippen molar-refractivity contribution in [1.29, 1.82) is 0 Å². The SMILES string of the molecule is Cn1nccc1C(NN)c1nccc2ccccc12. The monoisotopic (exact) mass is 253 g/mol. The fourth-order valence-electron chi connectivity index (χ4n) is 2.34. The summed E-state index contributed by atoms with van der Waals surface area (Å²) < 4.78 is 1.80. The number of nitrogens with zero attached hydrogens (tertiary/aromatic N) is 3. The second-order valence-corrected chi connectivity index (χ2v) is 4.40. The van der Waals surface area contributed by atoms with E-state index >= 15 is 0 Å². The summed E-state index contributed by atoms with van der Waals surface area (Å²) in [5, 5.41) is 6.42. The van der Waals surface area contributed by atoms with Crippen LogP contribution in [-0.4, -0.2) is 14.8 Å². The molecule has 2 heterocycles. The normalized spacial score (nSPS) is 12.7. The maximum atomic E-state index is 5.72.